The highest BCUT2D eigenvalue weighted by Gasteiger charge is 2.36. The highest BCUT2D eigenvalue weighted by atomic mass is 31.2. The summed E-state index contributed by atoms with van der Waals surface area (Å²) in [7, 11) is -4.99. The van der Waals surface area contributed by atoms with Crippen LogP contribution in [0.15, 0.2) is 27.3 Å². The number of aliphatic hydroxyl groups is 2. The van der Waals surface area contributed by atoms with Gasteiger partial charge < -0.3 is 24.7 Å². The molecule has 23 heavy (non-hydrogen) atoms. The number of hydrogen-bond donors (Lipinski definition) is 5. The van der Waals surface area contributed by atoms with E-state index in [9.17, 15) is 23.7 Å². The van der Waals surface area contributed by atoms with Crippen molar-refractivity contribution in [2.24, 2.45) is 0 Å². The van der Waals surface area contributed by atoms with Crippen LogP contribution in [-0.2, 0) is 13.8 Å². The number of H-pyrrole nitrogens is 1. The fraction of sp³-hybridized carbons (Fsp3) is 0.400. The summed E-state index contributed by atoms with van der Waals surface area (Å²) in [6.07, 6.45) is -2.80. The van der Waals surface area contributed by atoms with Crippen LogP contribution < -0.4 is 11.2 Å². The molecule has 0 bridgehead atoms. The normalized spacial score (nSPS) is 19.7. The number of nitrogens with one attached hydrogen (secondary N) is 1. The number of hydrogen-bond acceptors (Lipinski definition) is 7. The third kappa shape index (κ3) is 3.86. The van der Waals surface area contributed by atoms with Crippen molar-refractivity contribution in [2.45, 2.75) is 18.8 Å². The zero-order chi connectivity index (χ0) is 17.4. The first kappa shape index (κ1) is 17.4. The Morgan fingerprint density at radius 3 is 2.74 bits per heavy atom. The summed E-state index contributed by atoms with van der Waals surface area (Å²) in [6.45, 7) is -0.938. The van der Waals surface area contributed by atoms with Gasteiger partial charge in [-0.1, -0.05) is 0 Å². The maximum Gasteiger partial charge on any atom is 0.470 e. The predicted molar refractivity (Wildman–Crippen MR) is 69.7 cm³/mol. The number of aliphatic hydroxyl groups excluding tert-OH is 2. The first-order chi connectivity index (χ1) is 10.6. The molecule has 0 aromatic carbocycles. The van der Waals surface area contributed by atoms with Crippen LogP contribution in [0.5, 0.6) is 0 Å². The quantitative estimate of drug-likeness (QED) is 0.409. The molecule has 0 spiro atoms. The molecule has 0 radical (unpaired) electrons. The molecule has 5 N–H and O–H groups in total. The highest BCUT2D eigenvalue weighted by Crippen LogP contribution is 2.42. The molecule has 1 aliphatic heterocycles. The van der Waals surface area contributed by atoms with Gasteiger partial charge in [0.05, 0.1) is 19.2 Å². The van der Waals surface area contributed by atoms with Gasteiger partial charge in [-0.25, -0.2) is 9.36 Å². The Morgan fingerprint density at radius 1 is 1.52 bits per heavy atom. The van der Waals surface area contributed by atoms with Gasteiger partial charge in [-0.15, -0.1) is 0 Å². The van der Waals surface area contributed by atoms with Gasteiger partial charge in [0.25, 0.3) is 5.56 Å². The maximum absolute atomic E-state index is 13.3. The number of aromatic nitrogens is 2. The summed E-state index contributed by atoms with van der Waals surface area (Å²) >= 11 is 0. The number of rotatable bonds is 5. The summed E-state index contributed by atoms with van der Waals surface area (Å²) in [5.41, 5.74) is -2.26. The van der Waals surface area contributed by atoms with Crippen LogP contribution in [0.25, 0.3) is 0 Å². The maximum atomic E-state index is 13.3. The van der Waals surface area contributed by atoms with Crippen LogP contribution in [0.4, 0.5) is 4.39 Å². The minimum absolute atomic E-state index is 0.373. The average molecular weight is 354 g/mol. The summed E-state index contributed by atoms with van der Waals surface area (Å²) in [5, 5.41) is 18.9. The number of halogens is 1. The van der Waals surface area contributed by atoms with Crippen molar-refractivity contribution in [2.75, 3.05) is 6.61 Å². The van der Waals surface area contributed by atoms with Crippen molar-refractivity contribution in [1.29, 1.82) is 0 Å². The molecule has 0 aliphatic carbocycles. The molecule has 2 atom stereocenters. The molecule has 1 aliphatic rings. The topological polar surface area (TPSA) is 171 Å². The molecule has 13 heteroatoms. The van der Waals surface area contributed by atoms with Crippen molar-refractivity contribution < 1.29 is 38.2 Å². The van der Waals surface area contributed by atoms with Gasteiger partial charge >= 0.3 is 13.5 Å². The number of ether oxygens (including phenoxy) is 1. The molecule has 0 amide bonds. The van der Waals surface area contributed by atoms with Crippen molar-refractivity contribution >= 4 is 7.82 Å². The molecule has 1 aromatic rings. The zero-order valence-electron chi connectivity index (χ0n) is 11.2. The third-order valence-corrected chi connectivity index (χ3v) is 3.40. The summed E-state index contributed by atoms with van der Waals surface area (Å²) in [5.74, 6) is -2.34. The number of phosphoric ester groups is 1. The fourth-order valence-electron chi connectivity index (χ4n) is 1.94. The first-order valence-corrected chi connectivity index (χ1v) is 7.60. The van der Waals surface area contributed by atoms with Crippen molar-refractivity contribution in [3.05, 3.63) is 44.4 Å². The van der Waals surface area contributed by atoms with E-state index in [1.165, 1.54) is 0 Å². The van der Waals surface area contributed by atoms with E-state index in [0.717, 1.165) is 0 Å². The van der Waals surface area contributed by atoms with E-state index in [1.54, 1.807) is 4.98 Å². The summed E-state index contributed by atoms with van der Waals surface area (Å²) in [4.78, 5) is 41.7. The minimum atomic E-state index is -4.99. The molecular weight excluding hydrogens is 342 g/mol. The highest BCUT2D eigenvalue weighted by molar-refractivity contribution is 7.46. The lowest BCUT2D eigenvalue weighted by atomic mass is 10.2. The Hall–Kier alpha value is -1.98. The van der Waals surface area contributed by atoms with Crippen molar-refractivity contribution in [1.82, 2.24) is 9.55 Å². The van der Waals surface area contributed by atoms with Crippen LogP contribution in [0.2, 0.25) is 0 Å². The van der Waals surface area contributed by atoms with Crippen LogP contribution in [0.3, 0.4) is 0 Å². The average Bonchev–Trinajstić information content (AvgIpc) is 2.81. The van der Waals surface area contributed by atoms with Crippen molar-refractivity contribution in [3.63, 3.8) is 0 Å². The number of phosphoric acid groups is 1. The summed E-state index contributed by atoms with van der Waals surface area (Å²) < 4.78 is 34.1. The van der Waals surface area contributed by atoms with Gasteiger partial charge in [0.2, 0.25) is 5.82 Å². The Bertz CT molecular complexity index is 794. The van der Waals surface area contributed by atoms with E-state index < -0.39 is 55.3 Å². The molecule has 1 aromatic heterocycles. The monoisotopic (exact) mass is 354 g/mol. The molecule has 0 unspecified atom stereocenters. The second kappa shape index (κ2) is 6.26. The lowest BCUT2D eigenvalue weighted by Gasteiger charge is -2.19. The lowest BCUT2D eigenvalue weighted by molar-refractivity contribution is 0.0122. The summed E-state index contributed by atoms with van der Waals surface area (Å²) in [6, 6.07) is 0. The van der Waals surface area contributed by atoms with Crippen LogP contribution in [0, 0.1) is 5.82 Å². The largest absolute Gasteiger partial charge is 0.508 e. The first-order valence-electron chi connectivity index (χ1n) is 6.07. The van der Waals surface area contributed by atoms with E-state index in [-0.39, 0.29) is 6.42 Å². The smallest absolute Gasteiger partial charge is 0.470 e. The van der Waals surface area contributed by atoms with Gasteiger partial charge in [0, 0.05) is 0 Å². The van der Waals surface area contributed by atoms with Gasteiger partial charge in [-0.05, 0) is 0 Å². The van der Waals surface area contributed by atoms with E-state index in [0.29, 0.717) is 10.8 Å². The van der Waals surface area contributed by atoms with Gasteiger partial charge in [0.1, 0.15) is 5.76 Å². The van der Waals surface area contributed by atoms with E-state index in [1.807, 2.05) is 0 Å². The molecule has 2 rings (SSSR count). The second-order valence-corrected chi connectivity index (χ2v) is 5.69. The lowest BCUT2D eigenvalue weighted by Crippen LogP contribution is -2.34. The number of aromatic amines is 1. The van der Waals surface area contributed by atoms with Crippen LogP contribution in [-0.4, -0.2) is 42.3 Å². The molecule has 0 saturated heterocycles. The van der Waals surface area contributed by atoms with Gasteiger partial charge in [-0.2, -0.15) is 4.39 Å². The van der Waals surface area contributed by atoms with Crippen LogP contribution >= 0.6 is 7.82 Å². The Kier molecular flexibility index (Phi) is 4.73. The predicted octanol–water partition coefficient (Wildman–Crippen LogP) is -1.17. The molecule has 2 heterocycles. The number of nitrogens with zero attached hydrogens (tertiary/aromatic N) is 1. The fourth-order valence-corrected chi connectivity index (χ4v) is 2.44. The molecule has 11 nitrogen and oxygen atoms in total. The standard InChI is InChI=1S/C10H12FN2O9P/c11-4-2-13(10(17)12-9(4)16)7-1-5(15)8(21-7)6(3-14)22-23(18,19)20/h2,6-7,14-15H,1,3H2,(H,12,16,17)(H2,18,19,20)/t6-,7-/m1/s1. The SMILES string of the molecule is O=c1[nH]c(=O)n([C@H]2CC(O)=C([C@@H](CO)OP(=O)(O)O)O2)cc1F. The molecular formula is C10H12FN2O9P. The Morgan fingerprint density at radius 2 is 2.17 bits per heavy atom. The van der Waals surface area contributed by atoms with E-state index in [2.05, 4.69) is 4.52 Å². The molecule has 0 saturated carbocycles. The second-order valence-electron chi connectivity index (χ2n) is 4.50. The Balaban J connectivity index is 2.27. The molecule has 0 fully saturated rings. The van der Waals surface area contributed by atoms with E-state index >= 15 is 0 Å². The van der Waals surface area contributed by atoms with Gasteiger partial charge in [0.15, 0.2) is 18.1 Å². The van der Waals surface area contributed by atoms with Crippen LogP contribution in [0.1, 0.15) is 12.6 Å². The third-order valence-electron chi connectivity index (χ3n) is 2.87. The Labute approximate surface area is 126 Å². The van der Waals surface area contributed by atoms with Gasteiger partial charge in [-0.3, -0.25) is 18.9 Å². The van der Waals surface area contributed by atoms with E-state index in [4.69, 9.17) is 19.6 Å². The molecule has 128 valence electrons. The van der Waals surface area contributed by atoms with Crippen molar-refractivity contribution in [3.8, 4) is 0 Å². The zero-order valence-corrected chi connectivity index (χ0v) is 12.1. The minimum Gasteiger partial charge on any atom is -0.508 e.